The van der Waals surface area contributed by atoms with Crippen molar-refractivity contribution < 1.29 is 9.53 Å². The Bertz CT molecular complexity index is 826. The van der Waals surface area contributed by atoms with Crippen LogP contribution in [-0.2, 0) is 11.2 Å². The van der Waals surface area contributed by atoms with Gasteiger partial charge in [-0.3, -0.25) is 4.79 Å². The number of ether oxygens (including phenoxy) is 1. The van der Waals surface area contributed by atoms with Gasteiger partial charge in [-0.05, 0) is 48.9 Å². The van der Waals surface area contributed by atoms with Crippen molar-refractivity contribution in [3.8, 4) is 5.75 Å². The smallest absolute Gasteiger partial charge is 0.248 e. The maximum absolute atomic E-state index is 12.7. The number of hydrogen-bond donors (Lipinski definition) is 0. The molecule has 3 heterocycles. The summed E-state index contributed by atoms with van der Waals surface area (Å²) in [7, 11) is 1.64. The fraction of sp³-hybridized carbons (Fsp3) is 0.368. The second-order valence-corrected chi connectivity index (χ2v) is 8.69. The maximum atomic E-state index is 12.7. The summed E-state index contributed by atoms with van der Waals surface area (Å²) < 4.78 is 6.56. The molecule has 1 aromatic heterocycles. The topological polar surface area (TPSA) is 41.9 Å². The summed E-state index contributed by atoms with van der Waals surface area (Å²) >= 11 is 3.78. The fourth-order valence-corrected chi connectivity index (χ4v) is 5.80. The minimum absolute atomic E-state index is 0.0679. The number of amides is 1. The SMILES string of the molecule is CCc1cc2c(s1)SCCC1CC(=O)N(c3ccc(OC)cc3)N=C21. The van der Waals surface area contributed by atoms with Crippen LogP contribution in [0.1, 0.15) is 30.2 Å². The molecule has 0 spiro atoms. The van der Waals surface area contributed by atoms with Gasteiger partial charge in [-0.1, -0.05) is 6.92 Å². The lowest BCUT2D eigenvalue weighted by Gasteiger charge is -2.28. The van der Waals surface area contributed by atoms with Gasteiger partial charge in [0.25, 0.3) is 0 Å². The number of aryl methyl sites for hydroxylation is 1. The third-order valence-corrected chi connectivity index (χ3v) is 7.24. The molecule has 1 aromatic carbocycles. The number of hydrogen-bond acceptors (Lipinski definition) is 5. The second-order valence-electron chi connectivity index (χ2n) is 6.19. The number of thioether (sulfide) groups is 1. The summed E-state index contributed by atoms with van der Waals surface area (Å²) in [6.45, 7) is 2.18. The van der Waals surface area contributed by atoms with Crippen LogP contribution in [0.4, 0.5) is 5.69 Å². The average Bonchev–Trinajstić information content (AvgIpc) is 2.98. The highest BCUT2D eigenvalue weighted by atomic mass is 32.2. The number of anilines is 1. The van der Waals surface area contributed by atoms with Crippen molar-refractivity contribution in [3.05, 3.63) is 40.8 Å². The average molecular weight is 373 g/mol. The molecule has 0 radical (unpaired) electrons. The maximum Gasteiger partial charge on any atom is 0.248 e. The first-order valence-electron chi connectivity index (χ1n) is 8.51. The minimum atomic E-state index is 0.0679. The Balaban J connectivity index is 1.76. The molecule has 1 amide bonds. The number of fused-ring (bicyclic) bond motifs is 3. The van der Waals surface area contributed by atoms with E-state index >= 15 is 0 Å². The van der Waals surface area contributed by atoms with Crippen LogP contribution in [-0.4, -0.2) is 24.5 Å². The van der Waals surface area contributed by atoms with E-state index in [1.54, 1.807) is 12.1 Å². The normalized spacial score (nSPS) is 19.8. The van der Waals surface area contributed by atoms with Crippen LogP contribution in [0.3, 0.4) is 0 Å². The number of benzene rings is 1. The summed E-state index contributed by atoms with van der Waals surface area (Å²) in [5.74, 6) is 2.13. The lowest BCUT2D eigenvalue weighted by molar-refractivity contribution is -0.119. The highest BCUT2D eigenvalue weighted by Gasteiger charge is 2.34. The summed E-state index contributed by atoms with van der Waals surface area (Å²) in [5.41, 5.74) is 3.10. The predicted octanol–water partition coefficient (Wildman–Crippen LogP) is 4.57. The van der Waals surface area contributed by atoms with Gasteiger partial charge < -0.3 is 4.74 Å². The summed E-state index contributed by atoms with van der Waals surface area (Å²) in [6, 6.07) is 9.77. The van der Waals surface area contributed by atoms with Gasteiger partial charge in [0.2, 0.25) is 5.91 Å². The van der Waals surface area contributed by atoms with Gasteiger partial charge in [-0.2, -0.15) is 5.10 Å². The van der Waals surface area contributed by atoms with Gasteiger partial charge in [-0.15, -0.1) is 23.1 Å². The van der Waals surface area contributed by atoms with E-state index in [0.717, 1.165) is 35.7 Å². The standard InChI is InChI=1S/C19H20N2O2S2/c1-3-15-11-16-18-12(8-9-24-19(16)25-15)10-17(22)21(20-18)13-4-6-14(23-2)7-5-13/h4-7,11-12H,3,8-10H2,1-2H3. The third-order valence-electron chi connectivity index (χ3n) is 4.64. The molecule has 0 aliphatic carbocycles. The van der Waals surface area contributed by atoms with E-state index in [0.29, 0.717) is 6.42 Å². The van der Waals surface area contributed by atoms with Crippen molar-refractivity contribution in [2.75, 3.05) is 17.9 Å². The van der Waals surface area contributed by atoms with E-state index < -0.39 is 0 Å². The van der Waals surface area contributed by atoms with Crippen LogP contribution in [0.2, 0.25) is 0 Å². The van der Waals surface area contributed by atoms with E-state index in [4.69, 9.17) is 9.84 Å². The summed E-state index contributed by atoms with van der Waals surface area (Å²) in [6.07, 6.45) is 2.58. The Morgan fingerprint density at radius 3 is 2.84 bits per heavy atom. The molecule has 0 N–H and O–H groups in total. The van der Waals surface area contributed by atoms with Crippen LogP contribution in [0, 0.1) is 5.92 Å². The van der Waals surface area contributed by atoms with Gasteiger partial charge in [0, 0.05) is 22.8 Å². The molecule has 25 heavy (non-hydrogen) atoms. The van der Waals surface area contributed by atoms with Crippen molar-refractivity contribution in [1.82, 2.24) is 0 Å². The summed E-state index contributed by atoms with van der Waals surface area (Å²) in [5, 5.41) is 6.38. The number of carbonyl (C=O) groups is 1. The van der Waals surface area contributed by atoms with E-state index in [-0.39, 0.29) is 11.8 Å². The number of carbonyl (C=O) groups excluding carboxylic acids is 1. The zero-order valence-corrected chi connectivity index (χ0v) is 16.0. The Hall–Kier alpha value is -1.79. The van der Waals surface area contributed by atoms with Gasteiger partial charge in [-0.25, -0.2) is 5.01 Å². The number of rotatable bonds is 3. The Morgan fingerprint density at radius 1 is 1.32 bits per heavy atom. The first-order chi connectivity index (χ1) is 12.2. The van der Waals surface area contributed by atoms with E-state index in [9.17, 15) is 4.79 Å². The number of thiophene rings is 1. The monoisotopic (exact) mass is 372 g/mol. The lowest BCUT2D eigenvalue weighted by Crippen LogP contribution is -2.37. The van der Waals surface area contributed by atoms with Gasteiger partial charge >= 0.3 is 0 Å². The van der Waals surface area contributed by atoms with Gasteiger partial charge in [0.05, 0.1) is 22.7 Å². The van der Waals surface area contributed by atoms with Crippen molar-refractivity contribution >= 4 is 40.4 Å². The van der Waals surface area contributed by atoms with Crippen molar-refractivity contribution in [3.63, 3.8) is 0 Å². The van der Waals surface area contributed by atoms with E-state index in [2.05, 4.69) is 13.0 Å². The van der Waals surface area contributed by atoms with Gasteiger partial charge in [0.15, 0.2) is 0 Å². The predicted molar refractivity (Wildman–Crippen MR) is 104 cm³/mol. The molecule has 0 bridgehead atoms. The molecule has 0 saturated carbocycles. The molecule has 1 atom stereocenters. The molecule has 0 fully saturated rings. The van der Waals surface area contributed by atoms with Crippen molar-refractivity contribution in [2.45, 2.75) is 30.4 Å². The molecule has 0 saturated heterocycles. The van der Waals surface area contributed by atoms with Crippen LogP contribution < -0.4 is 9.75 Å². The van der Waals surface area contributed by atoms with Crippen molar-refractivity contribution in [1.29, 1.82) is 0 Å². The largest absolute Gasteiger partial charge is 0.497 e. The lowest BCUT2D eigenvalue weighted by atomic mass is 9.91. The first-order valence-corrected chi connectivity index (χ1v) is 10.3. The van der Waals surface area contributed by atoms with E-state index in [1.165, 1.54) is 14.6 Å². The molecule has 2 aliphatic rings. The molecular weight excluding hydrogens is 352 g/mol. The summed E-state index contributed by atoms with van der Waals surface area (Å²) in [4.78, 5) is 14.1. The first kappa shape index (κ1) is 16.7. The van der Waals surface area contributed by atoms with Crippen LogP contribution in [0.5, 0.6) is 5.75 Å². The molecule has 4 rings (SSSR count). The molecule has 6 heteroatoms. The third kappa shape index (κ3) is 3.09. The van der Waals surface area contributed by atoms with Crippen LogP contribution >= 0.6 is 23.1 Å². The van der Waals surface area contributed by atoms with Crippen LogP contribution in [0.15, 0.2) is 39.6 Å². The Kier molecular flexibility index (Phi) is 4.56. The molecule has 4 nitrogen and oxygen atoms in total. The van der Waals surface area contributed by atoms with Crippen molar-refractivity contribution in [2.24, 2.45) is 11.0 Å². The fourth-order valence-electron chi connectivity index (χ4n) is 3.25. The second kappa shape index (κ2) is 6.84. The number of methoxy groups -OCH3 is 1. The van der Waals surface area contributed by atoms with Crippen LogP contribution in [0.25, 0.3) is 0 Å². The number of nitrogens with zero attached hydrogens (tertiary/aromatic N) is 2. The quantitative estimate of drug-likeness (QED) is 0.792. The molecule has 130 valence electrons. The highest BCUT2D eigenvalue weighted by Crippen LogP contribution is 2.41. The highest BCUT2D eigenvalue weighted by molar-refractivity contribution is 8.01. The minimum Gasteiger partial charge on any atom is -0.497 e. The molecule has 2 aromatic rings. The zero-order chi connectivity index (χ0) is 17.4. The Morgan fingerprint density at radius 2 is 2.12 bits per heavy atom. The molecule has 2 aliphatic heterocycles. The van der Waals surface area contributed by atoms with E-state index in [1.807, 2.05) is 47.4 Å². The number of hydrazone groups is 1. The molecule has 1 unspecified atom stereocenters. The Labute approximate surface area is 155 Å². The molecular formula is C19H20N2O2S2. The van der Waals surface area contributed by atoms with Gasteiger partial charge in [0.1, 0.15) is 5.75 Å². The zero-order valence-electron chi connectivity index (χ0n) is 14.3.